The van der Waals surface area contributed by atoms with Gasteiger partial charge in [-0.3, -0.25) is 14.8 Å². The van der Waals surface area contributed by atoms with E-state index in [4.69, 9.17) is 17.5 Å². The Bertz CT molecular complexity index is 1190. The van der Waals surface area contributed by atoms with Crippen molar-refractivity contribution in [3.8, 4) is 17.3 Å². The molecule has 1 aromatic carbocycles. The number of aromatic amines is 1. The predicted molar refractivity (Wildman–Crippen MR) is 117 cm³/mol. The van der Waals surface area contributed by atoms with Crippen LogP contribution in [0.2, 0.25) is 0 Å². The molecule has 8 heteroatoms. The van der Waals surface area contributed by atoms with Crippen molar-refractivity contribution < 1.29 is 4.79 Å². The van der Waals surface area contributed by atoms with Crippen LogP contribution in [-0.4, -0.2) is 31.7 Å². The molecule has 1 spiro atoms. The highest BCUT2D eigenvalue weighted by molar-refractivity contribution is 7.81. The number of aromatic nitrogens is 3. The summed E-state index contributed by atoms with van der Waals surface area (Å²) in [5.41, 5.74) is 3.75. The smallest absolute Gasteiger partial charge is 0.259 e. The second kappa shape index (κ2) is 6.75. The number of anilines is 2. The monoisotopic (exact) mass is 414 g/mol. The van der Waals surface area contributed by atoms with Gasteiger partial charge in [-0.15, -0.1) is 0 Å². The maximum absolute atomic E-state index is 13.5. The maximum Gasteiger partial charge on any atom is 0.259 e. The largest absolute Gasteiger partial charge is 0.303 e. The number of nitriles is 1. The second-order valence-corrected chi connectivity index (χ2v) is 7.99. The third-order valence-electron chi connectivity index (χ3n) is 5.94. The minimum Gasteiger partial charge on any atom is -0.303 e. The van der Waals surface area contributed by atoms with Gasteiger partial charge < -0.3 is 4.90 Å². The lowest BCUT2D eigenvalue weighted by atomic mass is 9.75. The molecule has 1 saturated heterocycles. The number of thiocarbonyl (C=S) groups is 1. The number of nitrogens with one attached hydrogen (secondary N) is 1. The van der Waals surface area contributed by atoms with E-state index < -0.39 is 5.54 Å². The van der Waals surface area contributed by atoms with Gasteiger partial charge in [0.05, 0.1) is 17.6 Å². The first-order valence-corrected chi connectivity index (χ1v) is 10.1. The van der Waals surface area contributed by atoms with E-state index in [1.54, 1.807) is 23.4 Å². The van der Waals surface area contributed by atoms with Gasteiger partial charge in [-0.05, 0) is 68.2 Å². The second-order valence-electron chi connectivity index (χ2n) is 7.62. The summed E-state index contributed by atoms with van der Waals surface area (Å²) in [5, 5.41) is 16.6. The zero-order valence-electron chi connectivity index (χ0n) is 16.3. The van der Waals surface area contributed by atoms with Gasteiger partial charge in [0.15, 0.2) is 5.11 Å². The van der Waals surface area contributed by atoms with E-state index in [0.717, 1.165) is 41.8 Å². The third kappa shape index (κ3) is 2.56. The van der Waals surface area contributed by atoms with Gasteiger partial charge in [0.25, 0.3) is 5.91 Å². The Hall–Kier alpha value is -3.57. The van der Waals surface area contributed by atoms with Crippen molar-refractivity contribution in [1.82, 2.24) is 15.2 Å². The number of hydrogen-bond donors (Lipinski definition) is 1. The molecular formula is C22H18N6OS. The van der Waals surface area contributed by atoms with E-state index in [2.05, 4.69) is 21.3 Å². The molecule has 1 saturated carbocycles. The molecule has 1 aliphatic heterocycles. The lowest BCUT2D eigenvalue weighted by molar-refractivity contribution is -0.123. The van der Waals surface area contributed by atoms with Crippen molar-refractivity contribution in [3.63, 3.8) is 0 Å². The molecule has 5 rings (SSSR count). The number of carbonyl (C=O) groups excluding carboxylic acids is 1. The zero-order valence-corrected chi connectivity index (χ0v) is 17.1. The average molecular weight is 414 g/mol. The highest BCUT2D eigenvalue weighted by Gasteiger charge is 2.59. The number of pyridine rings is 1. The third-order valence-corrected chi connectivity index (χ3v) is 6.31. The summed E-state index contributed by atoms with van der Waals surface area (Å²) in [6, 6.07) is 13.7. The molecular weight excluding hydrogens is 396 g/mol. The number of nitrogens with zero attached hydrogens (tertiary/aromatic N) is 5. The zero-order chi connectivity index (χ0) is 20.9. The lowest BCUT2D eigenvalue weighted by Gasteiger charge is -2.43. The average Bonchev–Trinajstić information content (AvgIpc) is 3.33. The molecule has 1 N–H and O–H groups in total. The van der Waals surface area contributed by atoms with Gasteiger partial charge in [0, 0.05) is 17.4 Å². The summed E-state index contributed by atoms with van der Waals surface area (Å²) in [5.74, 6) is -0.0268. The van der Waals surface area contributed by atoms with Gasteiger partial charge in [-0.25, -0.2) is 4.98 Å². The van der Waals surface area contributed by atoms with Gasteiger partial charge in [-0.1, -0.05) is 12.1 Å². The molecule has 3 heterocycles. The first-order chi connectivity index (χ1) is 14.5. The Kier molecular flexibility index (Phi) is 4.15. The topological polar surface area (TPSA) is 88.9 Å². The van der Waals surface area contributed by atoms with Crippen LogP contribution in [0.15, 0.2) is 48.8 Å². The Morgan fingerprint density at radius 2 is 1.97 bits per heavy atom. The molecule has 3 aromatic rings. The molecule has 0 atom stereocenters. The molecule has 1 amide bonds. The van der Waals surface area contributed by atoms with Crippen LogP contribution in [0.5, 0.6) is 0 Å². The maximum atomic E-state index is 13.5. The highest BCUT2D eigenvalue weighted by Crippen LogP contribution is 2.47. The van der Waals surface area contributed by atoms with E-state index >= 15 is 0 Å². The Balaban J connectivity index is 1.54. The Labute approximate surface area is 179 Å². The number of benzene rings is 1. The Morgan fingerprint density at radius 1 is 1.20 bits per heavy atom. The van der Waals surface area contributed by atoms with Crippen LogP contribution in [-0.2, 0) is 4.79 Å². The fraction of sp³-hybridized carbons (Fsp3) is 0.227. The number of amides is 1. The first kappa shape index (κ1) is 18.5. The summed E-state index contributed by atoms with van der Waals surface area (Å²) in [6.07, 6.45) is 5.83. The SMILES string of the molecule is Cc1cc(N2C(=O)C3(CCC3)N(c3ccc(-c4cc[nH]n4)cc3)C2=S)cnc1C#N. The number of H-pyrrole nitrogens is 1. The molecule has 30 heavy (non-hydrogen) atoms. The van der Waals surface area contributed by atoms with E-state index in [1.165, 1.54) is 0 Å². The van der Waals surface area contributed by atoms with E-state index in [0.29, 0.717) is 16.5 Å². The first-order valence-electron chi connectivity index (χ1n) is 9.71. The van der Waals surface area contributed by atoms with E-state index in [-0.39, 0.29) is 5.91 Å². The minimum absolute atomic E-state index is 0.0268. The fourth-order valence-electron chi connectivity index (χ4n) is 4.21. The summed E-state index contributed by atoms with van der Waals surface area (Å²) in [7, 11) is 0. The molecule has 2 aromatic heterocycles. The van der Waals surface area contributed by atoms with Crippen LogP contribution >= 0.6 is 12.2 Å². The summed E-state index contributed by atoms with van der Waals surface area (Å²) >= 11 is 5.79. The van der Waals surface area contributed by atoms with Crippen molar-refractivity contribution in [1.29, 1.82) is 5.26 Å². The quantitative estimate of drug-likeness (QED) is 0.657. The molecule has 0 radical (unpaired) electrons. The highest BCUT2D eigenvalue weighted by atomic mass is 32.1. The van der Waals surface area contributed by atoms with E-state index in [1.807, 2.05) is 42.2 Å². The van der Waals surface area contributed by atoms with Crippen LogP contribution in [0.4, 0.5) is 11.4 Å². The number of hydrogen-bond acceptors (Lipinski definition) is 5. The molecule has 0 bridgehead atoms. The van der Waals surface area contributed by atoms with Crippen LogP contribution < -0.4 is 9.80 Å². The van der Waals surface area contributed by atoms with Crippen molar-refractivity contribution in [2.75, 3.05) is 9.80 Å². The van der Waals surface area contributed by atoms with Crippen molar-refractivity contribution in [2.45, 2.75) is 31.7 Å². The lowest BCUT2D eigenvalue weighted by Crippen LogP contribution is -2.55. The number of aryl methyl sites for hydroxylation is 1. The minimum atomic E-state index is -0.646. The number of rotatable bonds is 3. The van der Waals surface area contributed by atoms with Crippen LogP contribution in [0.25, 0.3) is 11.3 Å². The fourth-order valence-corrected chi connectivity index (χ4v) is 4.68. The summed E-state index contributed by atoms with van der Waals surface area (Å²) in [6.45, 7) is 1.81. The molecule has 1 aliphatic carbocycles. The van der Waals surface area contributed by atoms with Crippen LogP contribution in [0.3, 0.4) is 0 Å². The van der Waals surface area contributed by atoms with E-state index in [9.17, 15) is 4.79 Å². The van der Waals surface area contributed by atoms with Gasteiger partial charge in [-0.2, -0.15) is 10.4 Å². The van der Waals surface area contributed by atoms with Crippen molar-refractivity contribution >= 4 is 34.6 Å². The number of carbonyl (C=O) groups is 1. The normalized spacial score (nSPS) is 17.3. The summed E-state index contributed by atoms with van der Waals surface area (Å²) in [4.78, 5) is 21.3. The van der Waals surface area contributed by atoms with Crippen LogP contribution in [0.1, 0.15) is 30.5 Å². The molecule has 0 unspecified atom stereocenters. The van der Waals surface area contributed by atoms with Crippen LogP contribution in [0, 0.1) is 18.3 Å². The van der Waals surface area contributed by atoms with Gasteiger partial charge >= 0.3 is 0 Å². The summed E-state index contributed by atoms with van der Waals surface area (Å²) < 4.78 is 0. The molecule has 2 aliphatic rings. The van der Waals surface area contributed by atoms with Gasteiger partial charge in [0.1, 0.15) is 17.3 Å². The Morgan fingerprint density at radius 3 is 2.53 bits per heavy atom. The van der Waals surface area contributed by atoms with Gasteiger partial charge in [0.2, 0.25) is 0 Å². The molecule has 7 nitrogen and oxygen atoms in total. The van der Waals surface area contributed by atoms with Crippen molar-refractivity contribution in [2.24, 2.45) is 0 Å². The molecule has 148 valence electrons. The predicted octanol–water partition coefficient (Wildman–Crippen LogP) is 3.71. The van der Waals surface area contributed by atoms with Crippen molar-refractivity contribution in [3.05, 3.63) is 60.0 Å². The molecule has 2 fully saturated rings. The standard InChI is InChI=1S/C22H18N6OS/c1-14-11-17(13-24-19(14)12-23)27-20(29)22(8-2-9-22)28(21(27)30)16-5-3-15(4-6-16)18-7-10-25-26-18/h3-7,10-11,13H,2,8-9H2,1H3,(H,25,26).